The van der Waals surface area contributed by atoms with Crippen LogP contribution in [0.15, 0.2) is 11.4 Å². The molecule has 1 saturated heterocycles. The van der Waals surface area contributed by atoms with Crippen molar-refractivity contribution in [2.75, 3.05) is 26.2 Å². The van der Waals surface area contributed by atoms with E-state index >= 15 is 0 Å². The number of fused-ring (bicyclic) bond motifs is 1. The van der Waals surface area contributed by atoms with Gasteiger partial charge in [-0.1, -0.05) is 6.42 Å². The lowest BCUT2D eigenvalue weighted by atomic mass is 10.0. The summed E-state index contributed by atoms with van der Waals surface area (Å²) in [6, 6.07) is 2.55. The molecular weight excluding hydrogens is 270 g/mol. The van der Waals surface area contributed by atoms with E-state index in [-0.39, 0.29) is 5.91 Å². The Hall–Kier alpha value is -0.910. The summed E-state index contributed by atoms with van der Waals surface area (Å²) in [6.45, 7) is 3.89. The number of carbonyl (C=O) groups excluding carboxylic acids is 1. The Bertz CT molecular complexity index is 473. The van der Waals surface area contributed by atoms with Crippen LogP contribution in [0.3, 0.4) is 0 Å². The molecule has 1 atom stereocenters. The number of piperidine rings is 1. The maximum atomic E-state index is 12.5. The number of rotatable bonds is 3. The lowest BCUT2D eigenvalue weighted by Crippen LogP contribution is -2.50. The Labute approximate surface area is 124 Å². The minimum absolute atomic E-state index is 0.266. The van der Waals surface area contributed by atoms with Crippen molar-refractivity contribution < 1.29 is 4.79 Å². The molecule has 1 unspecified atom stereocenters. The summed E-state index contributed by atoms with van der Waals surface area (Å²) in [7, 11) is 0. The molecule has 1 amide bonds. The fraction of sp³-hybridized carbons (Fsp3) is 0.667. The Kier molecular flexibility index (Phi) is 4.38. The first kappa shape index (κ1) is 14.0. The molecule has 1 aromatic heterocycles. The highest BCUT2D eigenvalue weighted by molar-refractivity contribution is 7.10. The Morgan fingerprint density at radius 2 is 2.30 bits per heavy atom. The van der Waals surface area contributed by atoms with Gasteiger partial charge in [-0.05, 0) is 42.8 Å². The van der Waals surface area contributed by atoms with Crippen LogP contribution in [0.2, 0.25) is 0 Å². The Morgan fingerprint density at radius 1 is 1.40 bits per heavy atom. The molecule has 2 aliphatic heterocycles. The van der Waals surface area contributed by atoms with Gasteiger partial charge < -0.3 is 10.6 Å². The summed E-state index contributed by atoms with van der Waals surface area (Å²) in [6.07, 6.45) is 4.59. The smallest absolute Gasteiger partial charge is 0.237 e. The number of hydrogen-bond acceptors (Lipinski definition) is 4. The molecule has 1 fully saturated rings. The van der Waals surface area contributed by atoms with E-state index in [0.29, 0.717) is 19.1 Å². The van der Waals surface area contributed by atoms with Crippen LogP contribution < -0.4 is 5.73 Å². The second kappa shape index (κ2) is 6.24. The van der Waals surface area contributed by atoms with Crippen LogP contribution in [0, 0.1) is 0 Å². The van der Waals surface area contributed by atoms with E-state index in [9.17, 15) is 4.79 Å². The van der Waals surface area contributed by atoms with Crippen molar-refractivity contribution in [1.29, 1.82) is 0 Å². The molecule has 1 aromatic rings. The molecule has 2 N–H and O–H groups in total. The van der Waals surface area contributed by atoms with Crippen LogP contribution in [-0.4, -0.2) is 47.9 Å². The summed E-state index contributed by atoms with van der Waals surface area (Å²) in [5, 5.41) is 2.13. The predicted octanol–water partition coefficient (Wildman–Crippen LogP) is 1.45. The van der Waals surface area contributed by atoms with Gasteiger partial charge in [0.05, 0.1) is 6.54 Å². The van der Waals surface area contributed by atoms with E-state index in [2.05, 4.69) is 16.3 Å². The van der Waals surface area contributed by atoms with Gasteiger partial charge >= 0.3 is 0 Å². The topological polar surface area (TPSA) is 49.6 Å². The SMILES string of the molecule is NCC1CCCCN1CC(=O)N1CCc2sccc2C1. The fourth-order valence-corrected chi connectivity index (χ4v) is 4.16. The highest BCUT2D eigenvalue weighted by Crippen LogP contribution is 2.24. The lowest BCUT2D eigenvalue weighted by Gasteiger charge is -2.36. The third-order valence-electron chi connectivity index (χ3n) is 4.52. The van der Waals surface area contributed by atoms with Crippen LogP contribution in [0.5, 0.6) is 0 Å². The van der Waals surface area contributed by atoms with Gasteiger partial charge in [-0.2, -0.15) is 0 Å². The molecule has 3 heterocycles. The van der Waals surface area contributed by atoms with Crippen molar-refractivity contribution in [3.63, 3.8) is 0 Å². The standard InChI is InChI=1S/C15H23N3OS/c16-9-13-3-1-2-6-17(13)11-15(19)18-7-4-14-12(10-18)5-8-20-14/h5,8,13H,1-4,6-7,9-11,16H2. The van der Waals surface area contributed by atoms with E-state index in [0.717, 1.165) is 32.5 Å². The van der Waals surface area contributed by atoms with E-state index in [4.69, 9.17) is 5.73 Å². The van der Waals surface area contributed by atoms with Gasteiger partial charge in [0, 0.05) is 30.6 Å². The highest BCUT2D eigenvalue weighted by atomic mass is 32.1. The molecule has 0 spiro atoms. The normalized spacial score (nSPS) is 23.6. The minimum Gasteiger partial charge on any atom is -0.337 e. The number of hydrogen-bond donors (Lipinski definition) is 1. The Morgan fingerprint density at radius 3 is 3.15 bits per heavy atom. The van der Waals surface area contributed by atoms with Crippen LogP contribution in [0.4, 0.5) is 0 Å². The third-order valence-corrected chi connectivity index (χ3v) is 5.54. The highest BCUT2D eigenvalue weighted by Gasteiger charge is 2.27. The zero-order valence-electron chi connectivity index (χ0n) is 11.9. The van der Waals surface area contributed by atoms with E-state index < -0.39 is 0 Å². The van der Waals surface area contributed by atoms with Crippen molar-refractivity contribution in [1.82, 2.24) is 9.80 Å². The zero-order valence-corrected chi connectivity index (χ0v) is 12.7. The van der Waals surface area contributed by atoms with E-state index in [1.165, 1.54) is 23.3 Å². The van der Waals surface area contributed by atoms with Gasteiger partial charge in [0.1, 0.15) is 0 Å². The first-order valence-electron chi connectivity index (χ1n) is 7.55. The number of amides is 1. The van der Waals surface area contributed by atoms with Crippen molar-refractivity contribution in [2.45, 2.75) is 38.3 Å². The van der Waals surface area contributed by atoms with Gasteiger partial charge in [-0.25, -0.2) is 0 Å². The molecule has 0 aliphatic carbocycles. The van der Waals surface area contributed by atoms with Gasteiger partial charge in [-0.3, -0.25) is 9.69 Å². The second-order valence-corrected chi connectivity index (χ2v) is 6.79. The minimum atomic E-state index is 0.266. The van der Waals surface area contributed by atoms with Gasteiger partial charge in [0.15, 0.2) is 0 Å². The average Bonchev–Trinajstić information content (AvgIpc) is 2.95. The number of thiophene rings is 1. The second-order valence-electron chi connectivity index (χ2n) is 5.79. The molecule has 0 aromatic carbocycles. The molecule has 0 radical (unpaired) electrons. The quantitative estimate of drug-likeness (QED) is 0.917. The van der Waals surface area contributed by atoms with Crippen LogP contribution in [-0.2, 0) is 17.8 Å². The molecule has 5 heteroatoms. The van der Waals surface area contributed by atoms with Crippen molar-refractivity contribution in [3.05, 3.63) is 21.9 Å². The molecule has 3 rings (SSSR count). The summed E-state index contributed by atoms with van der Waals surface area (Å²) in [5.41, 5.74) is 7.17. The summed E-state index contributed by atoms with van der Waals surface area (Å²) < 4.78 is 0. The summed E-state index contributed by atoms with van der Waals surface area (Å²) >= 11 is 1.81. The maximum Gasteiger partial charge on any atom is 0.237 e. The molecule has 2 aliphatic rings. The lowest BCUT2D eigenvalue weighted by molar-refractivity contribution is -0.134. The van der Waals surface area contributed by atoms with E-state index in [1.807, 2.05) is 16.2 Å². The zero-order chi connectivity index (χ0) is 13.9. The monoisotopic (exact) mass is 293 g/mol. The van der Waals surface area contributed by atoms with Crippen LogP contribution in [0.1, 0.15) is 29.7 Å². The average molecular weight is 293 g/mol. The fourth-order valence-electron chi connectivity index (χ4n) is 3.27. The van der Waals surface area contributed by atoms with E-state index in [1.54, 1.807) is 0 Å². The third kappa shape index (κ3) is 2.90. The molecule has 0 saturated carbocycles. The molecular formula is C15H23N3OS. The Balaban J connectivity index is 1.59. The molecule has 110 valence electrons. The summed E-state index contributed by atoms with van der Waals surface area (Å²) in [5.74, 6) is 0.266. The number of nitrogens with zero attached hydrogens (tertiary/aromatic N) is 2. The summed E-state index contributed by atoms with van der Waals surface area (Å²) in [4.78, 5) is 18.3. The van der Waals surface area contributed by atoms with Crippen LogP contribution in [0.25, 0.3) is 0 Å². The molecule has 0 bridgehead atoms. The number of nitrogens with two attached hydrogens (primary N) is 1. The molecule has 4 nitrogen and oxygen atoms in total. The predicted molar refractivity (Wildman–Crippen MR) is 81.7 cm³/mol. The molecule has 20 heavy (non-hydrogen) atoms. The van der Waals surface area contributed by atoms with Gasteiger partial charge in [0.25, 0.3) is 0 Å². The maximum absolute atomic E-state index is 12.5. The number of likely N-dealkylation sites (tertiary alicyclic amines) is 1. The van der Waals surface area contributed by atoms with Crippen LogP contribution >= 0.6 is 11.3 Å². The van der Waals surface area contributed by atoms with Gasteiger partial charge in [-0.15, -0.1) is 11.3 Å². The van der Waals surface area contributed by atoms with Crippen molar-refractivity contribution in [3.8, 4) is 0 Å². The first-order valence-corrected chi connectivity index (χ1v) is 8.43. The largest absolute Gasteiger partial charge is 0.337 e. The first-order chi connectivity index (χ1) is 9.78. The van der Waals surface area contributed by atoms with Crippen molar-refractivity contribution in [2.24, 2.45) is 5.73 Å². The van der Waals surface area contributed by atoms with Gasteiger partial charge in [0.2, 0.25) is 5.91 Å². The van der Waals surface area contributed by atoms with Crippen molar-refractivity contribution >= 4 is 17.2 Å². The number of carbonyl (C=O) groups is 1.